The van der Waals surface area contributed by atoms with Gasteiger partial charge in [-0.3, -0.25) is 0 Å². The van der Waals surface area contributed by atoms with Crippen molar-refractivity contribution in [2.75, 3.05) is 0 Å². The van der Waals surface area contributed by atoms with Gasteiger partial charge in [-0.05, 0) is 41.0 Å². The molecule has 0 atom stereocenters. The average Bonchev–Trinajstić information content (AvgIpc) is 3.03. The first kappa shape index (κ1) is 14.1. The number of benzene rings is 2. The molecule has 0 aliphatic carbocycles. The molecule has 0 radical (unpaired) electrons. The van der Waals surface area contributed by atoms with E-state index in [1.54, 1.807) is 35.3 Å². The molecule has 108 valence electrons. The van der Waals surface area contributed by atoms with Gasteiger partial charge in [0.2, 0.25) is 0 Å². The number of phenols is 1. The van der Waals surface area contributed by atoms with Gasteiger partial charge in [0.15, 0.2) is 0 Å². The van der Waals surface area contributed by atoms with Crippen LogP contribution in [0.15, 0.2) is 49.1 Å². The van der Waals surface area contributed by atoms with Gasteiger partial charge in [0, 0.05) is 0 Å². The van der Waals surface area contributed by atoms with Gasteiger partial charge in [-0.2, -0.15) is 10.4 Å². The molecule has 3 rings (SSSR count). The van der Waals surface area contributed by atoms with Crippen molar-refractivity contribution in [1.29, 1.82) is 5.26 Å². The number of phenolic OH excluding ortho intramolecular Hbond substituents is 1. The van der Waals surface area contributed by atoms with Crippen LogP contribution in [-0.2, 0) is 6.54 Å². The van der Waals surface area contributed by atoms with Crippen LogP contribution in [0.4, 0.5) is 0 Å². The average molecular weight is 311 g/mol. The Bertz CT molecular complexity index is 853. The number of nitriles is 1. The molecule has 6 heteroatoms. The van der Waals surface area contributed by atoms with E-state index < -0.39 is 0 Å². The molecule has 0 aliphatic heterocycles. The highest BCUT2D eigenvalue weighted by molar-refractivity contribution is 6.32. The molecule has 0 amide bonds. The summed E-state index contributed by atoms with van der Waals surface area (Å²) in [5.41, 5.74) is 2.99. The maximum atomic E-state index is 9.76. The van der Waals surface area contributed by atoms with Crippen molar-refractivity contribution < 1.29 is 5.11 Å². The lowest BCUT2D eigenvalue weighted by Gasteiger charge is -2.09. The monoisotopic (exact) mass is 310 g/mol. The Kier molecular flexibility index (Phi) is 3.77. The molecule has 1 heterocycles. The number of aromatic nitrogens is 3. The minimum absolute atomic E-state index is 0.00950. The van der Waals surface area contributed by atoms with Crippen molar-refractivity contribution in [3.8, 4) is 22.9 Å². The Morgan fingerprint density at radius 1 is 1.23 bits per heavy atom. The zero-order valence-electron chi connectivity index (χ0n) is 11.4. The number of hydrogen-bond acceptors (Lipinski definition) is 4. The SMILES string of the molecule is N#Cc1ccc(Cn2cncn2)cc1-c1ccc(Cl)c(O)c1. The predicted molar refractivity (Wildman–Crippen MR) is 82.4 cm³/mol. The second-order valence-corrected chi connectivity index (χ2v) is 5.16. The van der Waals surface area contributed by atoms with Crippen LogP contribution in [0.1, 0.15) is 11.1 Å². The molecule has 0 saturated heterocycles. The predicted octanol–water partition coefficient (Wildman–Crippen LogP) is 3.22. The third-order valence-electron chi connectivity index (χ3n) is 3.27. The summed E-state index contributed by atoms with van der Waals surface area (Å²) in [4.78, 5) is 3.91. The van der Waals surface area contributed by atoms with Gasteiger partial charge in [0.25, 0.3) is 0 Å². The molecule has 0 aliphatic rings. The van der Waals surface area contributed by atoms with Crippen molar-refractivity contribution in [1.82, 2.24) is 14.8 Å². The van der Waals surface area contributed by atoms with E-state index in [2.05, 4.69) is 16.2 Å². The highest BCUT2D eigenvalue weighted by Crippen LogP contribution is 2.31. The molecule has 0 fully saturated rings. The number of nitrogens with zero attached hydrogens (tertiary/aromatic N) is 4. The molecule has 0 saturated carbocycles. The van der Waals surface area contributed by atoms with Crippen LogP contribution < -0.4 is 0 Å². The number of rotatable bonds is 3. The Morgan fingerprint density at radius 2 is 2.09 bits per heavy atom. The van der Waals surface area contributed by atoms with E-state index in [4.69, 9.17) is 11.6 Å². The van der Waals surface area contributed by atoms with E-state index in [1.165, 1.54) is 6.33 Å². The molecule has 3 aromatic rings. The van der Waals surface area contributed by atoms with Gasteiger partial charge in [0.1, 0.15) is 18.4 Å². The number of aromatic hydroxyl groups is 1. The molecular formula is C16H11ClN4O. The number of halogens is 1. The smallest absolute Gasteiger partial charge is 0.137 e. The van der Waals surface area contributed by atoms with Gasteiger partial charge in [-0.25, -0.2) is 9.67 Å². The summed E-state index contributed by atoms with van der Waals surface area (Å²) in [6.45, 7) is 0.554. The second-order valence-electron chi connectivity index (χ2n) is 4.75. The molecular weight excluding hydrogens is 300 g/mol. The molecule has 0 bridgehead atoms. The quantitative estimate of drug-likeness (QED) is 0.806. The normalized spacial score (nSPS) is 10.4. The molecule has 5 nitrogen and oxygen atoms in total. The largest absolute Gasteiger partial charge is 0.506 e. The van der Waals surface area contributed by atoms with Crippen molar-refractivity contribution in [2.45, 2.75) is 6.54 Å². The van der Waals surface area contributed by atoms with Gasteiger partial charge in [0.05, 0.1) is 23.2 Å². The Morgan fingerprint density at radius 3 is 2.77 bits per heavy atom. The summed E-state index contributed by atoms with van der Waals surface area (Å²) in [5.74, 6) is -0.00950. The number of hydrogen-bond donors (Lipinski definition) is 1. The molecule has 0 spiro atoms. The van der Waals surface area contributed by atoms with E-state index >= 15 is 0 Å². The van der Waals surface area contributed by atoms with E-state index in [1.807, 2.05) is 12.1 Å². The third kappa shape index (κ3) is 2.78. The van der Waals surface area contributed by atoms with Crippen LogP contribution in [-0.4, -0.2) is 19.9 Å². The molecule has 0 unspecified atom stereocenters. The van der Waals surface area contributed by atoms with Gasteiger partial charge in [-0.1, -0.05) is 23.7 Å². The zero-order valence-corrected chi connectivity index (χ0v) is 12.2. The maximum Gasteiger partial charge on any atom is 0.137 e. The van der Waals surface area contributed by atoms with Crippen molar-refractivity contribution in [2.24, 2.45) is 0 Å². The summed E-state index contributed by atoms with van der Waals surface area (Å²) in [5, 5.41) is 23.4. The van der Waals surface area contributed by atoms with Crippen LogP contribution in [0.25, 0.3) is 11.1 Å². The summed E-state index contributed by atoms with van der Waals surface area (Å²) < 4.78 is 1.70. The fourth-order valence-corrected chi connectivity index (χ4v) is 2.33. The van der Waals surface area contributed by atoms with Crippen molar-refractivity contribution in [3.05, 3.63) is 65.2 Å². The molecule has 2 aromatic carbocycles. The lowest BCUT2D eigenvalue weighted by molar-refractivity contribution is 0.476. The fraction of sp³-hybridized carbons (Fsp3) is 0.0625. The summed E-state index contributed by atoms with van der Waals surface area (Å²) in [6, 6.07) is 12.6. The first-order valence-corrected chi connectivity index (χ1v) is 6.89. The lowest BCUT2D eigenvalue weighted by Crippen LogP contribution is -2.00. The first-order chi connectivity index (χ1) is 10.7. The van der Waals surface area contributed by atoms with E-state index in [0.29, 0.717) is 12.1 Å². The van der Waals surface area contributed by atoms with E-state index in [-0.39, 0.29) is 10.8 Å². The molecule has 22 heavy (non-hydrogen) atoms. The van der Waals surface area contributed by atoms with Crippen LogP contribution in [0.3, 0.4) is 0 Å². The highest BCUT2D eigenvalue weighted by atomic mass is 35.5. The van der Waals surface area contributed by atoms with Gasteiger partial charge >= 0.3 is 0 Å². The van der Waals surface area contributed by atoms with E-state index in [9.17, 15) is 10.4 Å². The summed E-state index contributed by atoms with van der Waals surface area (Å²) in [7, 11) is 0. The van der Waals surface area contributed by atoms with Crippen LogP contribution >= 0.6 is 11.6 Å². The third-order valence-corrected chi connectivity index (χ3v) is 3.59. The Labute approximate surface area is 132 Å². The van der Waals surface area contributed by atoms with Crippen molar-refractivity contribution in [3.63, 3.8) is 0 Å². The summed E-state index contributed by atoms with van der Waals surface area (Å²) >= 11 is 5.83. The van der Waals surface area contributed by atoms with Crippen molar-refractivity contribution >= 4 is 11.6 Å². The maximum absolute atomic E-state index is 9.76. The second kappa shape index (κ2) is 5.88. The van der Waals surface area contributed by atoms with Crippen LogP contribution in [0.5, 0.6) is 5.75 Å². The standard InChI is InChI=1S/C16H11ClN4O/c17-15-4-3-12(6-16(15)22)14-5-11(1-2-13(14)7-18)8-21-10-19-9-20-21/h1-6,9-10,22H,8H2. The van der Waals surface area contributed by atoms with Gasteiger partial charge < -0.3 is 5.11 Å². The lowest BCUT2D eigenvalue weighted by atomic mass is 9.97. The fourth-order valence-electron chi connectivity index (χ4n) is 2.21. The topological polar surface area (TPSA) is 74.7 Å². The Hall–Kier alpha value is -2.84. The van der Waals surface area contributed by atoms with Crippen LogP contribution in [0, 0.1) is 11.3 Å². The molecule has 1 aromatic heterocycles. The first-order valence-electron chi connectivity index (χ1n) is 6.51. The highest BCUT2D eigenvalue weighted by Gasteiger charge is 2.09. The zero-order chi connectivity index (χ0) is 15.5. The Balaban J connectivity index is 2.04. The minimum atomic E-state index is -0.00950. The summed E-state index contributed by atoms with van der Waals surface area (Å²) in [6.07, 6.45) is 3.10. The van der Waals surface area contributed by atoms with E-state index in [0.717, 1.165) is 16.7 Å². The minimum Gasteiger partial charge on any atom is -0.506 e. The van der Waals surface area contributed by atoms with Gasteiger partial charge in [-0.15, -0.1) is 0 Å². The van der Waals surface area contributed by atoms with Crippen LogP contribution in [0.2, 0.25) is 5.02 Å². The molecule has 1 N–H and O–H groups in total.